The zero-order valence-corrected chi connectivity index (χ0v) is 14.7. The number of hydrogen-bond acceptors (Lipinski definition) is 6. The monoisotopic (exact) mass is 367 g/mol. The zero-order chi connectivity index (χ0) is 17.9. The molecule has 0 aliphatic carbocycles. The summed E-state index contributed by atoms with van der Waals surface area (Å²) in [4.78, 5) is 30.5. The van der Waals surface area contributed by atoms with Gasteiger partial charge in [0.1, 0.15) is 16.7 Å². The fraction of sp³-hybridized carbons (Fsp3) is 0.211. The van der Waals surface area contributed by atoms with Gasteiger partial charge in [0, 0.05) is 13.0 Å². The molecule has 2 heterocycles. The van der Waals surface area contributed by atoms with Crippen molar-refractivity contribution in [2.75, 3.05) is 18.0 Å². The Morgan fingerprint density at radius 2 is 1.77 bits per heavy atom. The lowest BCUT2D eigenvalue weighted by Crippen LogP contribution is -2.31. The third kappa shape index (κ3) is 3.43. The molecule has 1 N–H and O–H groups in total. The van der Waals surface area contributed by atoms with Crippen molar-refractivity contribution in [1.82, 2.24) is 5.32 Å². The summed E-state index contributed by atoms with van der Waals surface area (Å²) in [6, 6.07) is 16.4. The number of amidine groups is 1. The maximum Gasteiger partial charge on any atom is 0.247 e. The Kier molecular flexibility index (Phi) is 4.62. The Balaban J connectivity index is 1.46. The van der Waals surface area contributed by atoms with Crippen LogP contribution in [0.15, 0.2) is 59.6 Å². The van der Waals surface area contributed by atoms with E-state index in [0.717, 1.165) is 17.5 Å². The average molecular weight is 367 g/mol. The van der Waals surface area contributed by atoms with E-state index in [0.29, 0.717) is 18.0 Å². The molecule has 2 aliphatic heterocycles. The van der Waals surface area contributed by atoms with Crippen molar-refractivity contribution >= 4 is 34.4 Å². The lowest BCUT2D eigenvalue weighted by atomic mass is 10.2. The van der Waals surface area contributed by atoms with Crippen LogP contribution in [0.5, 0.6) is 11.5 Å². The summed E-state index contributed by atoms with van der Waals surface area (Å²) in [7, 11) is 0. The molecule has 0 radical (unpaired) electrons. The van der Waals surface area contributed by atoms with E-state index in [1.807, 2.05) is 30.3 Å². The summed E-state index contributed by atoms with van der Waals surface area (Å²) in [6.45, 7) is 1.49. The van der Waals surface area contributed by atoms with Crippen molar-refractivity contribution in [3.8, 4) is 11.5 Å². The van der Waals surface area contributed by atoms with Crippen LogP contribution in [-0.4, -0.2) is 35.3 Å². The number of rotatable bonds is 4. The Morgan fingerprint density at radius 1 is 1.04 bits per heavy atom. The number of imide groups is 1. The van der Waals surface area contributed by atoms with Gasteiger partial charge in [-0.1, -0.05) is 30.0 Å². The van der Waals surface area contributed by atoms with Crippen LogP contribution in [0.3, 0.4) is 0 Å². The van der Waals surface area contributed by atoms with E-state index in [1.54, 1.807) is 24.3 Å². The quantitative estimate of drug-likeness (QED) is 0.842. The normalized spacial score (nSPS) is 19.5. The molecular formula is C19H17N3O3S. The number of para-hydroxylation sites is 1. The Morgan fingerprint density at radius 3 is 2.46 bits per heavy atom. The first kappa shape index (κ1) is 16.7. The predicted molar refractivity (Wildman–Crippen MR) is 102 cm³/mol. The van der Waals surface area contributed by atoms with Crippen LogP contribution in [0, 0.1) is 0 Å². The highest BCUT2D eigenvalue weighted by atomic mass is 32.2. The number of carbonyl (C=O) groups is 2. The van der Waals surface area contributed by atoms with Gasteiger partial charge in [-0.2, -0.15) is 0 Å². The molecule has 26 heavy (non-hydrogen) atoms. The molecular weight excluding hydrogens is 350 g/mol. The summed E-state index contributed by atoms with van der Waals surface area (Å²) in [5.41, 5.74) is 0.560. The van der Waals surface area contributed by atoms with Gasteiger partial charge in [-0.25, -0.2) is 4.90 Å². The number of carbonyl (C=O) groups excluding carboxylic acids is 2. The highest BCUT2D eigenvalue weighted by Crippen LogP contribution is 2.32. The molecule has 1 fully saturated rings. The number of thioether (sulfide) groups is 1. The lowest BCUT2D eigenvalue weighted by molar-refractivity contribution is -0.121. The Hall–Kier alpha value is -2.80. The number of anilines is 1. The first-order valence-electron chi connectivity index (χ1n) is 8.35. The topological polar surface area (TPSA) is 71.0 Å². The SMILES string of the molecule is O=C1CC(SC2=NCCN2)C(=O)N1c1ccc(Oc2ccccc2)cc1. The van der Waals surface area contributed by atoms with Crippen molar-refractivity contribution in [2.45, 2.75) is 11.7 Å². The number of nitrogens with one attached hydrogen (secondary N) is 1. The van der Waals surface area contributed by atoms with Crippen molar-refractivity contribution in [3.63, 3.8) is 0 Å². The predicted octanol–water partition coefficient (Wildman–Crippen LogP) is 2.80. The van der Waals surface area contributed by atoms with E-state index in [-0.39, 0.29) is 18.2 Å². The maximum absolute atomic E-state index is 12.7. The standard InChI is InChI=1S/C19H17N3O3S/c23-17-12-16(26-19-20-10-11-21-19)18(24)22(17)13-6-8-15(9-7-13)25-14-4-2-1-3-5-14/h1-9,16H,10-12H2,(H,20,21). The van der Waals surface area contributed by atoms with Crippen LogP contribution >= 0.6 is 11.8 Å². The molecule has 6 nitrogen and oxygen atoms in total. The summed E-state index contributed by atoms with van der Waals surface area (Å²) < 4.78 is 5.74. The largest absolute Gasteiger partial charge is 0.457 e. The van der Waals surface area contributed by atoms with Crippen LogP contribution in [0.2, 0.25) is 0 Å². The van der Waals surface area contributed by atoms with Gasteiger partial charge in [-0.15, -0.1) is 0 Å². The molecule has 2 aliphatic rings. The first-order chi connectivity index (χ1) is 12.7. The summed E-state index contributed by atoms with van der Waals surface area (Å²) in [5.74, 6) is 0.986. The molecule has 4 rings (SSSR count). The smallest absolute Gasteiger partial charge is 0.247 e. The summed E-state index contributed by atoms with van der Waals surface area (Å²) in [5, 5.41) is 3.43. The number of aliphatic imine (C=N–C) groups is 1. The molecule has 132 valence electrons. The van der Waals surface area contributed by atoms with Crippen LogP contribution in [-0.2, 0) is 9.59 Å². The second-order valence-corrected chi connectivity index (χ2v) is 7.09. The second-order valence-electron chi connectivity index (χ2n) is 5.90. The third-order valence-corrected chi connectivity index (χ3v) is 5.23. The first-order valence-corrected chi connectivity index (χ1v) is 9.23. The van der Waals surface area contributed by atoms with Crippen LogP contribution < -0.4 is 15.0 Å². The van der Waals surface area contributed by atoms with E-state index >= 15 is 0 Å². The van der Waals surface area contributed by atoms with E-state index in [1.165, 1.54) is 16.7 Å². The number of nitrogens with zero attached hydrogens (tertiary/aromatic N) is 2. The second kappa shape index (κ2) is 7.21. The van der Waals surface area contributed by atoms with Crippen molar-refractivity contribution in [3.05, 3.63) is 54.6 Å². The minimum Gasteiger partial charge on any atom is -0.457 e. The molecule has 0 bridgehead atoms. The van der Waals surface area contributed by atoms with Gasteiger partial charge in [-0.3, -0.25) is 14.6 Å². The average Bonchev–Trinajstić information content (AvgIpc) is 3.26. The molecule has 0 aromatic heterocycles. The molecule has 2 amide bonds. The molecule has 2 aromatic carbocycles. The maximum atomic E-state index is 12.7. The fourth-order valence-corrected chi connectivity index (χ4v) is 3.90. The van der Waals surface area contributed by atoms with Crippen LogP contribution in [0.4, 0.5) is 5.69 Å². The number of benzene rings is 2. The number of hydrogen-bond donors (Lipinski definition) is 1. The van der Waals surface area contributed by atoms with E-state index < -0.39 is 5.25 Å². The van der Waals surface area contributed by atoms with Gasteiger partial charge >= 0.3 is 0 Å². The molecule has 0 spiro atoms. The highest BCUT2D eigenvalue weighted by Gasteiger charge is 2.41. The third-order valence-electron chi connectivity index (χ3n) is 4.08. The fourth-order valence-electron chi connectivity index (χ4n) is 2.85. The molecule has 1 unspecified atom stereocenters. The summed E-state index contributed by atoms with van der Waals surface area (Å²) >= 11 is 1.33. The lowest BCUT2D eigenvalue weighted by Gasteiger charge is -2.15. The number of ether oxygens (including phenoxy) is 1. The molecule has 2 aromatic rings. The van der Waals surface area contributed by atoms with Gasteiger partial charge < -0.3 is 10.1 Å². The van der Waals surface area contributed by atoms with Gasteiger partial charge in [0.25, 0.3) is 0 Å². The Labute approximate surface area is 155 Å². The van der Waals surface area contributed by atoms with Crippen molar-refractivity contribution in [2.24, 2.45) is 4.99 Å². The number of amides is 2. The summed E-state index contributed by atoms with van der Waals surface area (Å²) in [6.07, 6.45) is 0.187. The molecule has 7 heteroatoms. The Bertz CT molecular complexity index is 852. The van der Waals surface area contributed by atoms with Gasteiger partial charge in [0.15, 0.2) is 5.17 Å². The molecule has 1 atom stereocenters. The minimum absolute atomic E-state index is 0.187. The van der Waals surface area contributed by atoms with Crippen molar-refractivity contribution in [1.29, 1.82) is 0 Å². The minimum atomic E-state index is -0.424. The van der Waals surface area contributed by atoms with Gasteiger partial charge in [-0.05, 0) is 36.4 Å². The van der Waals surface area contributed by atoms with E-state index in [4.69, 9.17) is 4.74 Å². The molecule has 1 saturated heterocycles. The highest BCUT2D eigenvalue weighted by molar-refractivity contribution is 8.15. The van der Waals surface area contributed by atoms with Gasteiger partial charge in [0.2, 0.25) is 11.8 Å². The van der Waals surface area contributed by atoms with Crippen molar-refractivity contribution < 1.29 is 14.3 Å². The van der Waals surface area contributed by atoms with Crippen LogP contribution in [0.25, 0.3) is 0 Å². The van der Waals surface area contributed by atoms with E-state index in [2.05, 4.69) is 10.3 Å². The zero-order valence-electron chi connectivity index (χ0n) is 13.9. The van der Waals surface area contributed by atoms with E-state index in [9.17, 15) is 9.59 Å². The van der Waals surface area contributed by atoms with Crippen LogP contribution in [0.1, 0.15) is 6.42 Å². The molecule has 0 saturated carbocycles. The van der Waals surface area contributed by atoms with Gasteiger partial charge in [0.05, 0.1) is 12.2 Å².